The van der Waals surface area contributed by atoms with E-state index in [0.29, 0.717) is 0 Å². The van der Waals surface area contributed by atoms with E-state index < -0.39 is 6.10 Å². The van der Waals surface area contributed by atoms with Crippen LogP contribution in [0.3, 0.4) is 0 Å². The van der Waals surface area contributed by atoms with Gasteiger partial charge in [-0.1, -0.05) is 6.92 Å². The van der Waals surface area contributed by atoms with E-state index >= 15 is 0 Å². The third-order valence-corrected chi connectivity index (χ3v) is 2.52. The summed E-state index contributed by atoms with van der Waals surface area (Å²) in [5.41, 5.74) is 0.762. The molecule has 0 aromatic carbocycles. The van der Waals surface area contributed by atoms with Crippen molar-refractivity contribution in [3.63, 3.8) is 0 Å². The predicted molar refractivity (Wildman–Crippen MR) is 51.2 cm³/mol. The van der Waals surface area contributed by atoms with Gasteiger partial charge in [-0.05, 0) is 11.8 Å². The molecule has 1 unspecified atom stereocenters. The summed E-state index contributed by atoms with van der Waals surface area (Å²) in [7, 11) is 1.85. The topological polar surface area (TPSA) is 38.0 Å². The summed E-state index contributed by atoms with van der Waals surface area (Å²) in [6.45, 7) is 2.08. The number of aryl methyl sites for hydroxylation is 1. The van der Waals surface area contributed by atoms with Gasteiger partial charge in [0.1, 0.15) is 6.10 Å². The molecule has 0 aliphatic heterocycles. The second-order valence-electron chi connectivity index (χ2n) is 2.59. The van der Waals surface area contributed by atoms with Crippen LogP contribution in [0.2, 0.25) is 0 Å². The number of aliphatic hydroxyl groups is 1. The van der Waals surface area contributed by atoms with Crippen molar-refractivity contribution in [1.29, 1.82) is 0 Å². The summed E-state index contributed by atoms with van der Waals surface area (Å²) in [5, 5.41) is 13.7. The first kappa shape index (κ1) is 9.61. The smallest absolute Gasteiger partial charge is 0.107 e. The quantitative estimate of drug-likeness (QED) is 0.768. The van der Waals surface area contributed by atoms with E-state index in [4.69, 9.17) is 0 Å². The maximum Gasteiger partial charge on any atom is 0.107 e. The largest absolute Gasteiger partial charge is 0.386 e. The van der Waals surface area contributed by atoms with Crippen LogP contribution in [0.5, 0.6) is 0 Å². The summed E-state index contributed by atoms with van der Waals surface area (Å²) in [4.78, 5) is 0. The minimum Gasteiger partial charge on any atom is -0.386 e. The SMILES string of the molecule is CCSCC(O)c1ccn(C)n1. The first-order valence-corrected chi connectivity index (χ1v) is 5.15. The van der Waals surface area contributed by atoms with Crippen molar-refractivity contribution in [2.24, 2.45) is 7.05 Å². The van der Waals surface area contributed by atoms with Crippen LogP contribution in [0.4, 0.5) is 0 Å². The molecule has 12 heavy (non-hydrogen) atoms. The lowest BCUT2D eigenvalue weighted by Crippen LogP contribution is -2.02. The first-order chi connectivity index (χ1) is 5.74. The number of rotatable bonds is 4. The maximum atomic E-state index is 9.57. The molecule has 0 aliphatic rings. The predicted octanol–water partition coefficient (Wildman–Crippen LogP) is 1.21. The van der Waals surface area contributed by atoms with Gasteiger partial charge in [-0.2, -0.15) is 16.9 Å². The van der Waals surface area contributed by atoms with Crippen LogP contribution in [0, 0.1) is 0 Å². The van der Waals surface area contributed by atoms with Crippen LogP contribution < -0.4 is 0 Å². The highest BCUT2D eigenvalue weighted by Gasteiger charge is 2.08. The summed E-state index contributed by atoms with van der Waals surface area (Å²) in [5.74, 6) is 1.76. The molecular weight excluding hydrogens is 172 g/mol. The Balaban J connectivity index is 2.47. The molecule has 0 saturated carbocycles. The van der Waals surface area contributed by atoms with Gasteiger partial charge >= 0.3 is 0 Å². The van der Waals surface area contributed by atoms with Crippen molar-refractivity contribution >= 4 is 11.8 Å². The zero-order chi connectivity index (χ0) is 8.97. The molecule has 3 nitrogen and oxygen atoms in total. The van der Waals surface area contributed by atoms with E-state index in [0.717, 1.165) is 17.2 Å². The summed E-state index contributed by atoms with van der Waals surface area (Å²) in [6.07, 6.45) is 1.42. The Labute approximate surface area is 76.8 Å². The van der Waals surface area contributed by atoms with Crippen molar-refractivity contribution in [1.82, 2.24) is 9.78 Å². The molecule has 0 bridgehead atoms. The lowest BCUT2D eigenvalue weighted by Gasteiger charge is -2.05. The average molecular weight is 186 g/mol. The highest BCUT2D eigenvalue weighted by Crippen LogP contribution is 2.15. The molecule has 1 atom stereocenters. The van der Waals surface area contributed by atoms with Crippen molar-refractivity contribution < 1.29 is 5.11 Å². The Morgan fingerprint density at radius 2 is 2.50 bits per heavy atom. The van der Waals surface area contributed by atoms with Crippen molar-refractivity contribution in [3.8, 4) is 0 Å². The molecule has 0 saturated heterocycles. The van der Waals surface area contributed by atoms with Crippen molar-refractivity contribution in [2.75, 3.05) is 11.5 Å². The molecule has 0 radical (unpaired) electrons. The molecule has 4 heteroatoms. The normalized spacial score (nSPS) is 13.2. The van der Waals surface area contributed by atoms with E-state index in [1.54, 1.807) is 16.4 Å². The molecule has 1 heterocycles. The van der Waals surface area contributed by atoms with Gasteiger partial charge in [0.25, 0.3) is 0 Å². The minimum atomic E-state index is -0.420. The molecule has 0 fully saturated rings. The fourth-order valence-electron chi connectivity index (χ4n) is 0.926. The molecule has 0 amide bonds. The zero-order valence-electron chi connectivity index (χ0n) is 7.40. The van der Waals surface area contributed by atoms with Gasteiger partial charge in [0, 0.05) is 19.0 Å². The fraction of sp³-hybridized carbons (Fsp3) is 0.625. The second kappa shape index (κ2) is 4.52. The molecule has 1 aromatic rings. The Kier molecular flexibility index (Phi) is 3.62. The van der Waals surface area contributed by atoms with Crippen LogP contribution in [0.15, 0.2) is 12.3 Å². The van der Waals surface area contributed by atoms with E-state index in [1.165, 1.54) is 0 Å². The third-order valence-electron chi connectivity index (χ3n) is 1.56. The number of hydrogen-bond acceptors (Lipinski definition) is 3. The van der Waals surface area contributed by atoms with E-state index in [2.05, 4.69) is 12.0 Å². The monoisotopic (exact) mass is 186 g/mol. The van der Waals surface area contributed by atoms with Crippen LogP contribution in [-0.4, -0.2) is 26.4 Å². The summed E-state index contributed by atoms with van der Waals surface area (Å²) < 4.78 is 1.70. The highest BCUT2D eigenvalue weighted by atomic mass is 32.2. The van der Waals surface area contributed by atoms with E-state index in [9.17, 15) is 5.11 Å². The molecule has 0 aliphatic carbocycles. The minimum absolute atomic E-state index is 0.420. The van der Waals surface area contributed by atoms with Crippen LogP contribution >= 0.6 is 11.8 Å². The molecule has 1 rings (SSSR count). The number of thioether (sulfide) groups is 1. The Morgan fingerprint density at radius 1 is 1.75 bits per heavy atom. The van der Waals surface area contributed by atoms with Gasteiger partial charge in [-0.25, -0.2) is 0 Å². The third kappa shape index (κ3) is 2.53. The van der Waals surface area contributed by atoms with Gasteiger partial charge in [-0.15, -0.1) is 0 Å². The first-order valence-electron chi connectivity index (χ1n) is 3.99. The number of hydrogen-bond donors (Lipinski definition) is 1. The van der Waals surface area contributed by atoms with E-state index in [1.807, 2.05) is 19.3 Å². The Morgan fingerprint density at radius 3 is 3.00 bits per heavy atom. The van der Waals surface area contributed by atoms with E-state index in [-0.39, 0.29) is 0 Å². The maximum absolute atomic E-state index is 9.57. The summed E-state index contributed by atoms with van der Waals surface area (Å²) in [6, 6.07) is 1.85. The lowest BCUT2D eigenvalue weighted by atomic mass is 10.3. The van der Waals surface area contributed by atoms with Crippen molar-refractivity contribution in [2.45, 2.75) is 13.0 Å². The molecule has 1 aromatic heterocycles. The van der Waals surface area contributed by atoms with Gasteiger partial charge in [0.15, 0.2) is 0 Å². The number of aliphatic hydroxyl groups excluding tert-OH is 1. The second-order valence-corrected chi connectivity index (χ2v) is 3.91. The zero-order valence-corrected chi connectivity index (χ0v) is 8.21. The Bertz CT molecular complexity index is 237. The highest BCUT2D eigenvalue weighted by molar-refractivity contribution is 7.99. The molecule has 0 spiro atoms. The summed E-state index contributed by atoms with van der Waals surface area (Å²) >= 11 is 1.72. The van der Waals surface area contributed by atoms with Gasteiger partial charge in [0.05, 0.1) is 5.69 Å². The fourth-order valence-corrected chi connectivity index (χ4v) is 1.56. The van der Waals surface area contributed by atoms with Crippen molar-refractivity contribution in [3.05, 3.63) is 18.0 Å². The van der Waals surface area contributed by atoms with Gasteiger partial charge in [0.2, 0.25) is 0 Å². The van der Waals surface area contributed by atoms with Crippen LogP contribution in [0.1, 0.15) is 18.7 Å². The molecular formula is C8H14N2OS. The molecule has 68 valence electrons. The van der Waals surface area contributed by atoms with Gasteiger partial charge < -0.3 is 5.11 Å². The average Bonchev–Trinajstić information content (AvgIpc) is 2.47. The standard InChI is InChI=1S/C8H14N2OS/c1-3-12-6-8(11)7-4-5-10(2)9-7/h4-5,8,11H,3,6H2,1-2H3. The molecule has 1 N–H and O–H groups in total. The van der Waals surface area contributed by atoms with Crippen LogP contribution in [0.25, 0.3) is 0 Å². The van der Waals surface area contributed by atoms with Crippen LogP contribution in [-0.2, 0) is 7.05 Å². The Hall–Kier alpha value is -0.480. The van der Waals surface area contributed by atoms with Gasteiger partial charge in [-0.3, -0.25) is 4.68 Å². The lowest BCUT2D eigenvalue weighted by molar-refractivity contribution is 0.198. The number of aromatic nitrogens is 2. The number of nitrogens with zero attached hydrogens (tertiary/aromatic N) is 2.